The number of nitrogens with zero attached hydrogens (tertiary/aromatic N) is 4. The number of fused-ring (bicyclic) bond motifs is 1. The first-order valence-electron chi connectivity index (χ1n) is 14.3. The highest BCUT2D eigenvalue weighted by atomic mass is 35.5. The lowest BCUT2D eigenvalue weighted by atomic mass is 10.0. The molecule has 4 rings (SSSR count). The summed E-state index contributed by atoms with van der Waals surface area (Å²) in [4.78, 5) is 42.0. The molecule has 2 aromatic carbocycles. The number of alkyl carbamates (subject to hydrolysis) is 1. The van der Waals surface area contributed by atoms with Gasteiger partial charge in [-0.05, 0) is 76.4 Å². The van der Waals surface area contributed by atoms with Crippen molar-refractivity contribution in [2.75, 3.05) is 13.1 Å². The van der Waals surface area contributed by atoms with Gasteiger partial charge in [0.15, 0.2) is 0 Å². The molecule has 0 saturated heterocycles. The summed E-state index contributed by atoms with van der Waals surface area (Å²) in [5.41, 5.74) is 2.06. The molecular weight excluding hydrogens is 589 g/mol. The molecule has 0 radical (unpaired) electrons. The van der Waals surface area contributed by atoms with E-state index in [9.17, 15) is 14.4 Å². The molecule has 1 atom stereocenters. The van der Waals surface area contributed by atoms with Gasteiger partial charge >= 0.3 is 11.8 Å². The maximum Gasteiger partial charge on any atom is 0.407 e. The highest BCUT2D eigenvalue weighted by molar-refractivity contribution is 6.34. The molecule has 0 bridgehead atoms. The molecule has 2 heterocycles. The Bertz CT molecular complexity index is 1640. The zero-order chi connectivity index (χ0) is 31.3. The second kappa shape index (κ2) is 13.7. The minimum Gasteiger partial charge on any atom is -0.444 e. The minimum atomic E-state index is -0.623. The molecule has 2 aromatic heterocycles. The maximum absolute atomic E-state index is 14.1. The van der Waals surface area contributed by atoms with Crippen molar-refractivity contribution in [1.82, 2.24) is 24.4 Å². The number of ether oxygens (including phenoxy) is 1. The van der Waals surface area contributed by atoms with E-state index in [1.165, 1.54) is 4.52 Å². The van der Waals surface area contributed by atoms with Crippen LogP contribution in [0.15, 0.2) is 65.5 Å². The molecule has 0 aliphatic carbocycles. The molecule has 0 spiro atoms. The lowest BCUT2D eigenvalue weighted by Crippen LogP contribution is -2.41. The van der Waals surface area contributed by atoms with Gasteiger partial charge in [0, 0.05) is 29.4 Å². The van der Waals surface area contributed by atoms with Crippen molar-refractivity contribution in [2.45, 2.75) is 65.6 Å². The molecule has 2 amide bonds. The number of benzene rings is 2. The smallest absolute Gasteiger partial charge is 0.407 e. The van der Waals surface area contributed by atoms with Gasteiger partial charge < -0.3 is 15.0 Å². The van der Waals surface area contributed by atoms with Gasteiger partial charge in [-0.2, -0.15) is 9.61 Å². The van der Waals surface area contributed by atoms with Crippen LogP contribution < -0.4 is 11.0 Å². The van der Waals surface area contributed by atoms with Gasteiger partial charge in [0.1, 0.15) is 5.60 Å². The number of carbonyl (C=O) groups excluding carboxylic acids is 2. The van der Waals surface area contributed by atoms with E-state index >= 15 is 0 Å². The maximum atomic E-state index is 14.1. The molecule has 0 aliphatic heterocycles. The van der Waals surface area contributed by atoms with Crippen LogP contribution in [0.4, 0.5) is 4.79 Å². The Labute approximate surface area is 261 Å². The Morgan fingerprint density at radius 3 is 2.37 bits per heavy atom. The van der Waals surface area contributed by atoms with E-state index in [0.29, 0.717) is 58.4 Å². The van der Waals surface area contributed by atoms with Crippen molar-refractivity contribution >= 4 is 40.7 Å². The van der Waals surface area contributed by atoms with Crippen LogP contribution in [0.25, 0.3) is 5.52 Å². The minimum absolute atomic E-state index is 0.227. The summed E-state index contributed by atoms with van der Waals surface area (Å²) < 4.78 is 8.31. The van der Waals surface area contributed by atoms with Crippen LogP contribution in [0.3, 0.4) is 0 Å². The zero-order valence-corrected chi connectivity index (χ0v) is 26.6. The third-order valence-electron chi connectivity index (χ3n) is 6.91. The fraction of sp³-hybridized carbons (Fsp3) is 0.375. The zero-order valence-electron chi connectivity index (χ0n) is 25.1. The predicted octanol–water partition coefficient (Wildman–Crippen LogP) is 6.67. The standard InChI is InChI=1S/C32H37Cl2N5O4/c1-6-25(26-19-27-28(34)21(2)36-39(27)31(42)38(26)20-22-11-8-7-9-12-22)37(29(40)23-13-15-24(33)16-14-23)18-10-17-35-30(41)43-32(3,4)5/h7-9,11-16,19,25H,6,10,17-18,20H2,1-5H3,(H,35,41). The molecule has 0 fully saturated rings. The number of carbonyl (C=O) groups is 2. The first kappa shape index (κ1) is 32.1. The largest absolute Gasteiger partial charge is 0.444 e. The van der Waals surface area contributed by atoms with E-state index in [-0.39, 0.29) is 18.1 Å². The van der Waals surface area contributed by atoms with E-state index in [4.69, 9.17) is 27.9 Å². The molecular formula is C32H37Cl2N5O4. The lowest BCUT2D eigenvalue weighted by Gasteiger charge is -2.33. The van der Waals surface area contributed by atoms with E-state index in [0.717, 1.165) is 5.56 Å². The fourth-order valence-corrected chi connectivity index (χ4v) is 5.24. The number of halogens is 2. The Morgan fingerprint density at radius 1 is 1.07 bits per heavy atom. The Balaban J connectivity index is 1.76. The van der Waals surface area contributed by atoms with Crippen molar-refractivity contribution in [1.29, 1.82) is 0 Å². The topological polar surface area (TPSA) is 97.9 Å². The van der Waals surface area contributed by atoms with Gasteiger partial charge in [-0.15, -0.1) is 0 Å². The van der Waals surface area contributed by atoms with Crippen LogP contribution in [0.5, 0.6) is 0 Å². The average molecular weight is 627 g/mol. The second-order valence-electron chi connectivity index (χ2n) is 11.3. The predicted molar refractivity (Wildman–Crippen MR) is 169 cm³/mol. The van der Waals surface area contributed by atoms with E-state index < -0.39 is 17.7 Å². The number of nitrogens with one attached hydrogen (secondary N) is 1. The summed E-state index contributed by atoms with van der Waals surface area (Å²) >= 11 is 12.7. The van der Waals surface area contributed by atoms with Crippen molar-refractivity contribution in [3.8, 4) is 0 Å². The number of aryl methyl sites for hydroxylation is 1. The summed E-state index contributed by atoms with van der Waals surface area (Å²) in [5, 5.41) is 8.05. The number of aromatic nitrogens is 3. The van der Waals surface area contributed by atoms with Crippen LogP contribution in [0.2, 0.25) is 10.0 Å². The summed E-state index contributed by atoms with van der Waals surface area (Å²) in [6.45, 7) is 9.98. The summed E-state index contributed by atoms with van der Waals surface area (Å²) in [7, 11) is 0. The molecule has 4 aromatic rings. The highest BCUT2D eigenvalue weighted by Crippen LogP contribution is 2.30. The van der Waals surface area contributed by atoms with E-state index in [1.807, 2.05) is 43.3 Å². The van der Waals surface area contributed by atoms with Crippen LogP contribution in [0, 0.1) is 6.92 Å². The van der Waals surface area contributed by atoms with Crippen LogP contribution in [-0.2, 0) is 11.3 Å². The van der Waals surface area contributed by atoms with Gasteiger partial charge in [-0.3, -0.25) is 9.36 Å². The Kier molecular flexibility index (Phi) is 10.2. The number of amides is 2. The molecule has 0 aliphatic rings. The quantitative estimate of drug-likeness (QED) is 0.199. The third-order valence-corrected chi connectivity index (χ3v) is 7.63. The number of hydrogen-bond donors (Lipinski definition) is 1. The van der Waals surface area contributed by atoms with Crippen molar-refractivity contribution in [3.05, 3.63) is 104 Å². The van der Waals surface area contributed by atoms with Crippen LogP contribution in [-0.4, -0.2) is 49.8 Å². The molecule has 11 heteroatoms. The second-order valence-corrected chi connectivity index (χ2v) is 12.1. The first-order chi connectivity index (χ1) is 20.4. The summed E-state index contributed by atoms with van der Waals surface area (Å²) in [5.74, 6) is -0.227. The van der Waals surface area contributed by atoms with Gasteiger partial charge in [0.25, 0.3) is 5.91 Å². The molecule has 43 heavy (non-hydrogen) atoms. The van der Waals surface area contributed by atoms with Crippen molar-refractivity contribution < 1.29 is 14.3 Å². The lowest BCUT2D eigenvalue weighted by molar-refractivity contribution is 0.0523. The van der Waals surface area contributed by atoms with Crippen LogP contribution >= 0.6 is 23.2 Å². The Hall–Kier alpha value is -3.82. The molecule has 9 nitrogen and oxygen atoms in total. The molecule has 1 N–H and O–H groups in total. The summed E-state index contributed by atoms with van der Waals surface area (Å²) in [6.07, 6.45) is 0.434. The highest BCUT2D eigenvalue weighted by Gasteiger charge is 2.29. The van der Waals surface area contributed by atoms with E-state index in [2.05, 4.69) is 10.4 Å². The van der Waals surface area contributed by atoms with E-state index in [1.54, 1.807) is 61.4 Å². The van der Waals surface area contributed by atoms with Gasteiger partial charge in [0.05, 0.1) is 28.8 Å². The molecule has 0 saturated carbocycles. The third kappa shape index (κ3) is 7.77. The summed E-state index contributed by atoms with van der Waals surface area (Å²) in [6, 6.07) is 17.7. The number of rotatable bonds is 10. The molecule has 1 unspecified atom stereocenters. The Morgan fingerprint density at radius 2 is 1.74 bits per heavy atom. The SMILES string of the molecule is CCC(c1cc2c(Cl)c(C)nn2c(=O)n1Cc1ccccc1)N(CCCNC(=O)OC(C)(C)C)C(=O)c1ccc(Cl)cc1. The van der Waals surface area contributed by atoms with Crippen LogP contribution in [0.1, 0.15) is 73.9 Å². The normalized spacial score (nSPS) is 12.3. The van der Waals surface area contributed by atoms with Gasteiger partial charge in [-0.1, -0.05) is 60.5 Å². The fourth-order valence-electron chi connectivity index (χ4n) is 4.94. The first-order valence-corrected chi connectivity index (χ1v) is 15.0. The monoisotopic (exact) mass is 625 g/mol. The average Bonchev–Trinajstić information content (AvgIpc) is 3.25. The van der Waals surface area contributed by atoms with Gasteiger partial charge in [0.2, 0.25) is 0 Å². The molecule has 228 valence electrons. The van der Waals surface area contributed by atoms with Crippen molar-refractivity contribution in [2.24, 2.45) is 0 Å². The number of hydrogen-bond acceptors (Lipinski definition) is 5. The van der Waals surface area contributed by atoms with Gasteiger partial charge in [-0.25, -0.2) is 9.59 Å². The van der Waals surface area contributed by atoms with Crippen molar-refractivity contribution in [3.63, 3.8) is 0 Å².